The van der Waals surface area contributed by atoms with Crippen LogP contribution in [0.3, 0.4) is 0 Å². The Bertz CT molecular complexity index is 587. The van der Waals surface area contributed by atoms with Gasteiger partial charge in [0.15, 0.2) is 0 Å². The maximum absolute atomic E-state index is 2.39. The average molecular weight is 395 g/mol. The molecule has 0 nitrogen and oxygen atoms in total. The van der Waals surface area contributed by atoms with Gasteiger partial charge in [0.25, 0.3) is 0 Å². The molecular weight excluding hydrogens is 348 g/mol. The van der Waals surface area contributed by atoms with Crippen LogP contribution in [0.15, 0.2) is 29.8 Å². The quantitative estimate of drug-likeness (QED) is 0.366. The fraction of sp³-hybridized carbons (Fsp3) is 0.724. The molecule has 2 aliphatic rings. The van der Waals surface area contributed by atoms with E-state index in [0.29, 0.717) is 0 Å². The van der Waals surface area contributed by atoms with Crippen LogP contribution < -0.4 is 0 Å². The van der Waals surface area contributed by atoms with Crippen molar-refractivity contribution in [3.63, 3.8) is 0 Å². The standard InChI is InChI=1S/C29H46/c1-4-5-6-7-8-9-24-10-14-26(15-11-24)28-18-20-29(21-19-28)27-16-12-25(13-17-27)22-23(2)3/h12-13,16-17,22,24,26,28-29H,4-11,14-15,18-21H2,1-3H3. The maximum atomic E-state index is 2.39. The van der Waals surface area contributed by atoms with Crippen LogP contribution in [0.1, 0.15) is 128 Å². The third-order valence-electron chi connectivity index (χ3n) is 7.91. The highest BCUT2D eigenvalue weighted by Crippen LogP contribution is 2.44. The van der Waals surface area contributed by atoms with E-state index in [-0.39, 0.29) is 0 Å². The average Bonchev–Trinajstić information content (AvgIpc) is 2.74. The summed E-state index contributed by atoms with van der Waals surface area (Å²) in [5, 5.41) is 0. The molecule has 3 rings (SSSR count). The van der Waals surface area contributed by atoms with E-state index in [1.54, 1.807) is 5.56 Å². The van der Waals surface area contributed by atoms with E-state index < -0.39 is 0 Å². The highest BCUT2D eigenvalue weighted by molar-refractivity contribution is 5.52. The SMILES string of the molecule is CCCCCCCC1CCC(C2CCC(c3ccc(C=C(C)C)cc3)CC2)CC1. The monoisotopic (exact) mass is 394 g/mol. The van der Waals surface area contributed by atoms with Crippen LogP contribution in [-0.4, -0.2) is 0 Å². The number of allylic oxidation sites excluding steroid dienone is 1. The predicted molar refractivity (Wildman–Crippen MR) is 129 cm³/mol. The summed E-state index contributed by atoms with van der Waals surface area (Å²) >= 11 is 0. The van der Waals surface area contributed by atoms with Crippen LogP contribution in [0.4, 0.5) is 0 Å². The molecule has 0 atom stereocenters. The molecule has 0 spiro atoms. The van der Waals surface area contributed by atoms with E-state index in [1.807, 2.05) is 0 Å². The Hall–Kier alpha value is -1.04. The van der Waals surface area contributed by atoms with Crippen molar-refractivity contribution in [3.8, 4) is 0 Å². The highest BCUT2D eigenvalue weighted by atomic mass is 14.4. The smallest absolute Gasteiger partial charge is 0.0162 e. The first kappa shape index (κ1) is 22.6. The minimum absolute atomic E-state index is 0.812. The molecule has 1 aromatic carbocycles. The zero-order chi connectivity index (χ0) is 20.5. The second-order valence-corrected chi connectivity index (χ2v) is 10.5. The lowest BCUT2D eigenvalue weighted by Gasteiger charge is -2.38. The molecule has 1 aromatic rings. The van der Waals surface area contributed by atoms with Crippen molar-refractivity contribution in [2.45, 2.75) is 117 Å². The minimum Gasteiger partial charge on any atom is -0.0758 e. The van der Waals surface area contributed by atoms with Gasteiger partial charge in [0.05, 0.1) is 0 Å². The Labute approximate surface area is 181 Å². The van der Waals surface area contributed by atoms with Crippen LogP contribution >= 0.6 is 0 Å². The number of benzene rings is 1. The van der Waals surface area contributed by atoms with Gasteiger partial charge in [-0.05, 0) is 87.2 Å². The Morgan fingerprint density at radius 2 is 1.34 bits per heavy atom. The molecule has 2 fully saturated rings. The predicted octanol–water partition coefficient (Wildman–Crippen LogP) is 9.55. The summed E-state index contributed by atoms with van der Waals surface area (Å²) < 4.78 is 0. The number of unbranched alkanes of at least 4 members (excludes halogenated alkanes) is 4. The molecule has 0 bridgehead atoms. The summed E-state index contributed by atoms with van der Waals surface area (Å²) in [6.45, 7) is 6.67. The molecule has 0 unspecified atom stereocenters. The largest absolute Gasteiger partial charge is 0.0758 e. The molecule has 2 aliphatic carbocycles. The molecule has 0 radical (unpaired) electrons. The highest BCUT2D eigenvalue weighted by Gasteiger charge is 2.31. The Morgan fingerprint density at radius 1 is 0.759 bits per heavy atom. The van der Waals surface area contributed by atoms with Crippen molar-refractivity contribution >= 4 is 6.08 Å². The third-order valence-corrected chi connectivity index (χ3v) is 7.91. The lowest BCUT2D eigenvalue weighted by molar-refractivity contribution is 0.155. The second kappa shape index (κ2) is 12.0. The van der Waals surface area contributed by atoms with Crippen molar-refractivity contribution in [1.82, 2.24) is 0 Å². The van der Waals surface area contributed by atoms with Gasteiger partial charge in [0, 0.05) is 0 Å². The summed E-state index contributed by atoms with van der Waals surface area (Å²) in [6.07, 6.45) is 23.0. The Morgan fingerprint density at radius 3 is 1.93 bits per heavy atom. The molecule has 0 saturated heterocycles. The minimum atomic E-state index is 0.812. The van der Waals surface area contributed by atoms with Gasteiger partial charge in [-0.1, -0.05) is 94.2 Å². The van der Waals surface area contributed by atoms with Crippen molar-refractivity contribution in [3.05, 3.63) is 41.0 Å². The fourth-order valence-electron chi connectivity index (χ4n) is 6.11. The first-order chi connectivity index (χ1) is 14.2. The van der Waals surface area contributed by atoms with E-state index in [9.17, 15) is 0 Å². The van der Waals surface area contributed by atoms with Crippen molar-refractivity contribution in [2.75, 3.05) is 0 Å². The lowest BCUT2D eigenvalue weighted by atomic mass is 9.68. The summed E-state index contributed by atoms with van der Waals surface area (Å²) in [4.78, 5) is 0. The first-order valence-electron chi connectivity index (χ1n) is 12.9. The Balaban J connectivity index is 1.36. The van der Waals surface area contributed by atoms with Crippen LogP contribution in [-0.2, 0) is 0 Å². The maximum Gasteiger partial charge on any atom is -0.0162 e. The zero-order valence-corrected chi connectivity index (χ0v) is 19.6. The van der Waals surface area contributed by atoms with Crippen molar-refractivity contribution in [2.24, 2.45) is 17.8 Å². The van der Waals surface area contributed by atoms with Crippen LogP contribution in [0.5, 0.6) is 0 Å². The summed E-state index contributed by atoms with van der Waals surface area (Å²) in [6, 6.07) is 9.42. The third kappa shape index (κ3) is 7.30. The second-order valence-electron chi connectivity index (χ2n) is 10.5. The molecule has 2 saturated carbocycles. The van der Waals surface area contributed by atoms with Crippen LogP contribution in [0.2, 0.25) is 0 Å². The van der Waals surface area contributed by atoms with Gasteiger partial charge in [0.2, 0.25) is 0 Å². The number of hydrogen-bond acceptors (Lipinski definition) is 0. The van der Waals surface area contributed by atoms with Gasteiger partial charge < -0.3 is 0 Å². The van der Waals surface area contributed by atoms with Gasteiger partial charge in [0.1, 0.15) is 0 Å². The van der Waals surface area contributed by atoms with E-state index >= 15 is 0 Å². The zero-order valence-electron chi connectivity index (χ0n) is 19.6. The Kier molecular flexibility index (Phi) is 9.35. The summed E-state index contributed by atoms with van der Waals surface area (Å²) in [7, 11) is 0. The topological polar surface area (TPSA) is 0 Å². The number of rotatable bonds is 9. The van der Waals surface area contributed by atoms with E-state index in [1.165, 1.54) is 101 Å². The normalized spacial score (nSPS) is 27.6. The van der Waals surface area contributed by atoms with Gasteiger partial charge in [-0.15, -0.1) is 0 Å². The first-order valence-corrected chi connectivity index (χ1v) is 12.9. The number of hydrogen-bond donors (Lipinski definition) is 0. The summed E-state index contributed by atoms with van der Waals surface area (Å²) in [5.74, 6) is 3.95. The van der Waals surface area contributed by atoms with Gasteiger partial charge >= 0.3 is 0 Å². The molecule has 0 aromatic heterocycles. The molecule has 0 N–H and O–H groups in total. The van der Waals surface area contributed by atoms with Gasteiger partial charge in [-0.25, -0.2) is 0 Å². The molecular formula is C29H46. The van der Waals surface area contributed by atoms with Gasteiger partial charge in [-0.2, -0.15) is 0 Å². The van der Waals surface area contributed by atoms with E-state index in [2.05, 4.69) is 51.1 Å². The van der Waals surface area contributed by atoms with Crippen molar-refractivity contribution in [1.29, 1.82) is 0 Å². The summed E-state index contributed by atoms with van der Waals surface area (Å²) in [5.41, 5.74) is 4.31. The van der Waals surface area contributed by atoms with Crippen LogP contribution in [0, 0.1) is 17.8 Å². The molecule has 0 heterocycles. The van der Waals surface area contributed by atoms with Crippen molar-refractivity contribution < 1.29 is 0 Å². The van der Waals surface area contributed by atoms with E-state index in [4.69, 9.17) is 0 Å². The molecule has 0 amide bonds. The van der Waals surface area contributed by atoms with Crippen LogP contribution in [0.25, 0.3) is 6.08 Å². The lowest BCUT2D eigenvalue weighted by Crippen LogP contribution is -2.25. The molecule has 0 aliphatic heterocycles. The fourth-order valence-corrected chi connectivity index (χ4v) is 6.11. The molecule has 29 heavy (non-hydrogen) atoms. The van der Waals surface area contributed by atoms with Gasteiger partial charge in [-0.3, -0.25) is 0 Å². The van der Waals surface area contributed by atoms with E-state index in [0.717, 1.165) is 23.7 Å². The molecule has 0 heteroatoms. The molecule has 162 valence electrons.